The maximum Gasteiger partial charge on any atom is 0.276 e. The summed E-state index contributed by atoms with van der Waals surface area (Å²) in [5.41, 5.74) is 0.969. The average molecular weight is 244 g/mol. The van der Waals surface area contributed by atoms with Crippen LogP contribution >= 0.6 is 0 Å². The molecule has 90 valence electrons. The van der Waals surface area contributed by atoms with Gasteiger partial charge in [0, 0.05) is 13.1 Å². The van der Waals surface area contributed by atoms with Crippen LogP contribution in [0.1, 0.15) is 12.5 Å². The highest BCUT2D eigenvalue weighted by Crippen LogP contribution is 2.09. The van der Waals surface area contributed by atoms with E-state index in [2.05, 4.69) is 9.44 Å². The lowest BCUT2D eigenvalue weighted by atomic mass is 10.1. The van der Waals surface area contributed by atoms with Gasteiger partial charge in [-0.2, -0.15) is 8.42 Å². The van der Waals surface area contributed by atoms with Crippen molar-refractivity contribution in [3.8, 4) is 5.75 Å². The van der Waals surface area contributed by atoms with Gasteiger partial charge in [-0.1, -0.05) is 19.1 Å². The molecule has 0 bridgehead atoms. The SMILES string of the molecule is CCNS(=O)(=O)NCCc1ccc(O)cc1. The van der Waals surface area contributed by atoms with Crippen LogP contribution in [-0.4, -0.2) is 26.6 Å². The van der Waals surface area contributed by atoms with E-state index in [0.29, 0.717) is 19.5 Å². The fourth-order valence-corrected chi connectivity index (χ4v) is 2.09. The van der Waals surface area contributed by atoms with Gasteiger partial charge in [-0.25, -0.2) is 9.44 Å². The van der Waals surface area contributed by atoms with E-state index in [9.17, 15) is 8.42 Å². The van der Waals surface area contributed by atoms with Gasteiger partial charge in [0.25, 0.3) is 10.2 Å². The molecule has 0 spiro atoms. The fourth-order valence-electron chi connectivity index (χ4n) is 1.23. The lowest BCUT2D eigenvalue weighted by molar-refractivity contribution is 0.475. The van der Waals surface area contributed by atoms with Crippen LogP contribution < -0.4 is 9.44 Å². The van der Waals surface area contributed by atoms with Gasteiger partial charge in [0.1, 0.15) is 5.75 Å². The lowest BCUT2D eigenvalue weighted by Gasteiger charge is -2.06. The summed E-state index contributed by atoms with van der Waals surface area (Å²) in [6, 6.07) is 6.68. The van der Waals surface area contributed by atoms with Gasteiger partial charge in [0.05, 0.1) is 0 Å². The van der Waals surface area contributed by atoms with Gasteiger partial charge >= 0.3 is 0 Å². The third-order valence-electron chi connectivity index (χ3n) is 1.98. The number of rotatable bonds is 6. The van der Waals surface area contributed by atoms with Gasteiger partial charge in [-0.3, -0.25) is 0 Å². The van der Waals surface area contributed by atoms with Crippen LogP contribution in [-0.2, 0) is 16.6 Å². The molecule has 0 aromatic heterocycles. The molecule has 0 fully saturated rings. The standard InChI is InChI=1S/C10H16N2O3S/c1-2-11-16(14,15)12-8-7-9-3-5-10(13)6-4-9/h3-6,11-13H,2,7-8H2,1H3. The van der Waals surface area contributed by atoms with Crippen molar-refractivity contribution in [3.05, 3.63) is 29.8 Å². The van der Waals surface area contributed by atoms with Crippen molar-refractivity contribution >= 4 is 10.2 Å². The van der Waals surface area contributed by atoms with E-state index in [-0.39, 0.29) is 5.75 Å². The number of nitrogens with one attached hydrogen (secondary N) is 2. The molecule has 0 atom stereocenters. The van der Waals surface area contributed by atoms with E-state index in [4.69, 9.17) is 5.11 Å². The largest absolute Gasteiger partial charge is 0.508 e. The highest BCUT2D eigenvalue weighted by atomic mass is 32.2. The zero-order valence-electron chi connectivity index (χ0n) is 9.10. The van der Waals surface area contributed by atoms with E-state index in [1.807, 2.05) is 0 Å². The molecule has 0 amide bonds. The number of aromatic hydroxyl groups is 1. The summed E-state index contributed by atoms with van der Waals surface area (Å²) in [4.78, 5) is 0. The molecule has 0 aliphatic carbocycles. The van der Waals surface area contributed by atoms with Crippen molar-refractivity contribution < 1.29 is 13.5 Å². The Kier molecular flexibility index (Phi) is 4.72. The van der Waals surface area contributed by atoms with E-state index in [0.717, 1.165) is 5.56 Å². The Hall–Kier alpha value is -1.11. The minimum Gasteiger partial charge on any atom is -0.508 e. The molecule has 3 N–H and O–H groups in total. The highest BCUT2D eigenvalue weighted by Gasteiger charge is 2.05. The lowest BCUT2D eigenvalue weighted by Crippen LogP contribution is -2.37. The van der Waals surface area contributed by atoms with Crippen molar-refractivity contribution in [1.29, 1.82) is 0 Å². The summed E-state index contributed by atoms with van der Waals surface area (Å²) >= 11 is 0. The second-order valence-corrected chi connectivity index (χ2v) is 4.90. The number of phenolic OH excluding ortho intramolecular Hbond substituents is 1. The van der Waals surface area contributed by atoms with Crippen molar-refractivity contribution in [2.24, 2.45) is 0 Å². The van der Waals surface area contributed by atoms with Crippen LogP contribution in [0.5, 0.6) is 5.75 Å². The molecular weight excluding hydrogens is 228 g/mol. The van der Waals surface area contributed by atoms with Gasteiger partial charge in [0.15, 0.2) is 0 Å². The maximum atomic E-state index is 11.2. The Morgan fingerprint density at radius 2 is 1.81 bits per heavy atom. The van der Waals surface area contributed by atoms with Crippen LogP contribution in [0, 0.1) is 0 Å². The number of hydrogen-bond acceptors (Lipinski definition) is 3. The van der Waals surface area contributed by atoms with Crippen molar-refractivity contribution in [3.63, 3.8) is 0 Å². The molecule has 0 heterocycles. The summed E-state index contributed by atoms with van der Waals surface area (Å²) in [6.45, 7) is 2.42. The summed E-state index contributed by atoms with van der Waals surface area (Å²) in [6.07, 6.45) is 0.588. The van der Waals surface area contributed by atoms with Crippen molar-refractivity contribution in [2.75, 3.05) is 13.1 Å². The zero-order valence-corrected chi connectivity index (χ0v) is 9.92. The quantitative estimate of drug-likeness (QED) is 0.677. The highest BCUT2D eigenvalue weighted by molar-refractivity contribution is 7.87. The molecule has 1 aromatic rings. The Morgan fingerprint density at radius 1 is 1.19 bits per heavy atom. The van der Waals surface area contributed by atoms with Gasteiger partial charge in [-0.05, 0) is 24.1 Å². The monoisotopic (exact) mass is 244 g/mol. The Bertz CT molecular complexity index is 414. The number of benzene rings is 1. The normalized spacial score (nSPS) is 11.6. The fraction of sp³-hybridized carbons (Fsp3) is 0.400. The van der Waals surface area contributed by atoms with Crippen LogP contribution in [0.15, 0.2) is 24.3 Å². The third kappa shape index (κ3) is 4.61. The van der Waals surface area contributed by atoms with Gasteiger partial charge in [-0.15, -0.1) is 0 Å². The predicted octanol–water partition coefficient (Wildman–Crippen LogP) is 0.379. The molecule has 0 aliphatic rings. The van der Waals surface area contributed by atoms with E-state index in [1.165, 1.54) is 0 Å². The molecule has 5 nitrogen and oxygen atoms in total. The molecule has 0 unspecified atom stereocenters. The minimum atomic E-state index is -3.36. The average Bonchev–Trinajstić information content (AvgIpc) is 2.20. The molecule has 0 saturated heterocycles. The maximum absolute atomic E-state index is 11.2. The van der Waals surface area contributed by atoms with Crippen LogP contribution in [0.4, 0.5) is 0 Å². The smallest absolute Gasteiger partial charge is 0.276 e. The summed E-state index contributed by atoms with van der Waals surface area (Å²) in [5, 5.41) is 9.06. The van der Waals surface area contributed by atoms with Gasteiger partial charge < -0.3 is 5.11 Å². The van der Waals surface area contributed by atoms with Crippen LogP contribution in [0.2, 0.25) is 0 Å². The first-order valence-corrected chi connectivity index (χ1v) is 6.54. The first-order chi connectivity index (χ1) is 7.53. The Labute approximate surface area is 95.7 Å². The van der Waals surface area contributed by atoms with E-state index in [1.54, 1.807) is 31.2 Å². The molecule has 0 aliphatic heterocycles. The number of phenols is 1. The van der Waals surface area contributed by atoms with Crippen molar-refractivity contribution in [1.82, 2.24) is 9.44 Å². The molecule has 16 heavy (non-hydrogen) atoms. The summed E-state index contributed by atoms with van der Waals surface area (Å²) in [5.74, 6) is 0.206. The molecular formula is C10H16N2O3S. The first kappa shape index (κ1) is 13.0. The zero-order chi connectivity index (χ0) is 12.0. The molecule has 1 rings (SSSR count). The minimum absolute atomic E-state index is 0.206. The Balaban J connectivity index is 2.39. The van der Waals surface area contributed by atoms with E-state index < -0.39 is 10.2 Å². The second-order valence-electron chi connectivity index (χ2n) is 3.31. The predicted molar refractivity (Wildman–Crippen MR) is 62.4 cm³/mol. The van der Waals surface area contributed by atoms with Gasteiger partial charge in [0.2, 0.25) is 0 Å². The molecule has 0 radical (unpaired) electrons. The van der Waals surface area contributed by atoms with Crippen molar-refractivity contribution in [2.45, 2.75) is 13.3 Å². The van der Waals surface area contributed by atoms with Crippen LogP contribution in [0.3, 0.4) is 0 Å². The third-order valence-corrected chi connectivity index (χ3v) is 3.23. The van der Waals surface area contributed by atoms with Crippen LogP contribution in [0.25, 0.3) is 0 Å². The first-order valence-electron chi connectivity index (χ1n) is 5.05. The molecule has 1 aromatic carbocycles. The summed E-state index contributed by atoms with van der Waals surface area (Å²) in [7, 11) is -3.36. The summed E-state index contributed by atoms with van der Waals surface area (Å²) < 4.78 is 27.2. The second kappa shape index (κ2) is 5.83. The topological polar surface area (TPSA) is 78.4 Å². The van der Waals surface area contributed by atoms with E-state index >= 15 is 0 Å². The Morgan fingerprint density at radius 3 is 2.38 bits per heavy atom. The molecule has 0 saturated carbocycles. The molecule has 6 heteroatoms. The number of hydrogen-bond donors (Lipinski definition) is 3.